The van der Waals surface area contributed by atoms with E-state index >= 15 is 0 Å². The van der Waals surface area contributed by atoms with Gasteiger partial charge in [0, 0.05) is 23.5 Å². The van der Waals surface area contributed by atoms with Gasteiger partial charge in [0.25, 0.3) is 0 Å². The second-order valence-corrected chi connectivity index (χ2v) is 4.81. The topological polar surface area (TPSA) is 38.0 Å². The number of benzene rings is 2. The molecule has 1 heterocycles. The molecule has 1 aliphatic heterocycles. The summed E-state index contributed by atoms with van der Waals surface area (Å²) in [4.78, 5) is 0. The van der Waals surface area contributed by atoms with Crippen LogP contribution in [0.3, 0.4) is 0 Å². The van der Waals surface area contributed by atoms with Gasteiger partial charge in [0.15, 0.2) is 0 Å². The van der Waals surface area contributed by atoms with Crippen LogP contribution in [-0.2, 0) is 5.54 Å². The van der Waals surface area contributed by atoms with Gasteiger partial charge in [0.05, 0.1) is 5.54 Å². The summed E-state index contributed by atoms with van der Waals surface area (Å²) in [5.74, 6) is 0. The van der Waals surface area contributed by atoms with Crippen LogP contribution in [0.15, 0.2) is 36.4 Å². The van der Waals surface area contributed by atoms with E-state index in [1.807, 2.05) is 18.2 Å². The lowest BCUT2D eigenvalue weighted by Crippen LogP contribution is -2.62. The quantitative estimate of drug-likeness (QED) is 0.792. The first-order chi connectivity index (χ1) is 7.71. The Morgan fingerprint density at radius 2 is 1.81 bits per heavy atom. The van der Waals surface area contributed by atoms with E-state index in [-0.39, 0.29) is 5.54 Å². The van der Waals surface area contributed by atoms with Crippen LogP contribution in [-0.4, -0.2) is 13.1 Å². The maximum atomic E-state index is 6.34. The van der Waals surface area contributed by atoms with Crippen molar-refractivity contribution in [3.05, 3.63) is 47.0 Å². The summed E-state index contributed by atoms with van der Waals surface area (Å²) in [5, 5.41) is 6.25. The average molecular weight is 233 g/mol. The molecule has 2 aromatic carbocycles. The number of halogens is 1. The van der Waals surface area contributed by atoms with Gasteiger partial charge in [-0.25, -0.2) is 0 Å². The first-order valence-electron chi connectivity index (χ1n) is 5.38. The van der Waals surface area contributed by atoms with Crippen LogP contribution in [0.2, 0.25) is 5.02 Å². The summed E-state index contributed by atoms with van der Waals surface area (Å²) < 4.78 is 0. The Labute approximate surface area is 99.4 Å². The zero-order valence-corrected chi connectivity index (χ0v) is 9.59. The van der Waals surface area contributed by atoms with Gasteiger partial charge in [0.2, 0.25) is 0 Å². The van der Waals surface area contributed by atoms with E-state index in [9.17, 15) is 0 Å². The summed E-state index contributed by atoms with van der Waals surface area (Å²) >= 11 is 6.27. The Balaban J connectivity index is 2.32. The van der Waals surface area contributed by atoms with Crippen molar-refractivity contribution in [1.29, 1.82) is 0 Å². The summed E-state index contributed by atoms with van der Waals surface area (Å²) in [5.41, 5.74) is 7.23. The standard InChI is InChI=1S/C13H13ClN2/c14-11-6-2-4-9-3-1-5-10(12(9)11)13(15)7-16-8-13/h1-6,16H,7-8,15H2. The minimum absolute atomic E-state index is 0.259. The van der Waals surface area contributed by atoms with Crippen molar-refractivity contribution in [2.45, 2.75) is 5.54 Å². The third-order valence-corrected chi connectivity index (χ3v) is 3.59. The zero-order chi connectivity index (χ0) is 11.2. The molecule has 2 aromatic rings. The fraction of sp³-hybridized carbons (Fsp3) is 0.231. The van der Waals surface area contributed by atoms with Crippen LogP contribution >= 0.6 is 11.6 Å². The molecule has 0 saturated carbocycles. The average Bonchev–Trinajstić information content (AvgIpc) is 2.26. The van der Waals surface area contributed by atoms with E-state index in [2.05, 4.69) is 23.5 Å². The number of nitrogens with two attached hydrogens (primary N) is 1. The van der Waals surface area contributed by atoms with Crippen LogP contribution in [0.4, 0.5) is 0 Å². The Kier molecular flexibility index (Phi) is 2.18. The summed E-state index contributed by atoms with van der Waals surface area (Å²) in [6, 6.07) is 12.1. The predicted molar refractivity (Wildman–Crippen MR) is 67.7 cm³/mol. The largest absolute Gasteiger partial charge is 0.319 e. The Morgan fingerprint density at radius 1 is 1.12 bits per heavy atom. The van der Waals surface area contributed by atoms with Gasteiger partial charge in [-0.05, 0) is 17.0 Å². The predicted octanol–water partition coefficient (Wildman–Crippen LogP) is 2.25. The zero-order valence-electron chi connectivity index (χ0n) is 8.83. The molecule has 1 fully saturated rings. The van der Waals surface area contributed by atoms with Crippen molar-refractivity contribution in [2.24, 2.45) is 5.73 Å². The highest BCUT2D eigenvalue weighted by Gasteiger charge is 2.35. The number of hydrogen-bond donors (Lipinski definition) is 2. The van der Waals surface area contributed by atoms with Crippen molar-refractivity contribution in [1.82, 2.24) is 5.32 Å². The summed E-state index contributed by atoms with van der Waals surface area (Å²) in [6.07, 6.45) is 0. The van der Waals surface area contributed by atoms with Crippen molar-refractivity contribution in [3.8, 4) is 0 Å². The molecule has 1 aliphatic rings. The fourth-order valence-corrected chi connectivity index (χ4v) is 2.58. The van der Waals surface area contributed by atoms with Crippen LogP contribution in [0.25, 0.3) is 10.8 Å². The highest BCUT2D eigenvalue weighted by molar-refractivity contribution is 6.35. The number of hydrogen-bond acceptors (Lipinski definition) is 2. The lowest BCUT2D eigenvalue weighted by atomic mass is 9.82. The van der Waals surface area contributed by atoms with E-state index in [1.54, 1.807) is 0 Å². The van der Waals surface area contributed by atoms with Gasteiger partial charge in [-0.2, -0.15) is 0 Å². The molecule has 0 bridgehead atoms. The molecule has 0 amide bonds. The van der Waals surface area contributed by atoms with Gasteiger partial charge < -0.3 is 11.1 Å². The van der Waals surface area contributed by atoms with Crippen LogP contribution in [0.5, 0.6) is 0 Å². The lowest BCUT2D eigenvalue weighted by Gasteiger charge is -2.40. The Hall–Kier alpha value is -1.09. The van der Waals surface area contributed by atoms with E-state index in [0.717, 1.165) is 34.4 Å². The van der Waals surface area contributed by atoms with Crippen molar-refractivity contribution in [2.75, 3.05) is 13.1 Å². The molecule has 0 spiro atoms. The molecule has 0 atom stereocenters. The van der Waals surface area contributed by atoms with Gasteiger partial charge >= 0.3 is 0 Å². The SMILES string of the molecule is NC1(c2cccc3cccc(Cl)c23)CNC1. The second-order valence-electron chi connectivity index (χ2n) is 4.40. The molecule has 0 aromatic heterocycles. The summed E-state index contributed by atoms with van der Waals surface area (Å²) in [6.45, 7) is 1.63. The van der Waals surface area contributed by atoms with Crippen LogP contribution in [0, 0.1) is 0 Å². The van der Waals surface area contributed by atoms with Crippen LogP contribution in [0.1, 0.15) is 5.56 Å². The number of nitrogens with one attached hydrogen (secondary N) is 1. The second kappa shape index (κ2) is 3.45. The summed E-state index contributed by atoms with van der Waals surface area (Å²) in [7, 11) is 0. The molecule has 1 saturated heterocycles. The first kappa shape index (κ1) is 10.1. The fourth-order valence-electron chi connectivity index (χ4n) is 2.29. The molecule has 3 rings (SSSR count). The third-order valence-electron chi connectivity index (χ3n) is 3.27. The van der Waals surface area contributed by atoms with Gasteiger partial charge in [0.1, 0.15) is 0 Å². The molecule has 0 aliphatic carbocycles. The molecule has 3 N–H and O–H groups in total. The van der Waals surface area contributed by atoms with Crippen molar-refractivity contribution >= 4 is 22.4 Å². The minimum Gasteiger partial charge on any atom is -0.319 e. The van der Waals surface area contributed by atoms with Gasteiger partial charge in [-0.15, -0.1) is 0 Å². The Bertz CT molecular complexity index is 541. The highest BCUT2D eigenvalue weighted by Crippen LogP contribution is 2.33. The van der Waals surface area contributed by atoms with E-state index in [4.69, 9.17) is 17.3 Å². The van der Waals surface area contributed by atoms with E-state index in [0.29, 0.717) is 0 Å². The molecule has 0 unspecified atom stereocenters. The number of fused-ring (bicyclic) bond motifs is 1. The first-order valence-corrected chi connectivity index (χ1v) is 5.76. The van der Waals surface area contributed by atoms with Crippen molar-refractivity contribution in [3.63, 3.8) is 0 Å². The lowest BCUT2D eigenvalue weighted by molar-refractivity contribution is 0.289. The molecule has 82 valence electrons. The van der Waals surface area contributed by atoms with Crippen LogP contribution < -0.4 is 11.1 Å². The molecule has 0 radical (unpaired) electrons. The maximum Gasteiger partial charge on any atom is 0.0668 e. The van der Waals surface area contributed by atoms with Gasteiger partial charge in [-0.3, -0.25) is 0 Å². The van der Waals surface area contributed by atoms with Crippen molar-refractivity contribution < 1.29 is 0 Å². The van der Waals surface area contributed by atoms with E-state index in [1.165, 1.54) is 0 Å². The molecule has 3 heteroatoms. The molecular formula is C13H13ClN2. The molecular weight excluding hydrogens is 220 g/mol. The molecule has 2 nitrogen and oxygen atoms in total. The number of rotatable bonds is 1. The monoisotopic (exact) mass is 232 g/mol. The highest BCUT2D eigenvalue weighted by atomic mass is 35.5. The maximum absolute atomic E-state index is 6.34. The molecule has 16 heavy (non-hydrogen) atoms. The van der Waals surface area contributed by atoms with E-state index < -0.39 is 0 Å². The Morgan fingerprint density at radius 3 is 2.44 bits per heavy atom. The minimum atomic E-state index is -0.259. The van der Waals surface area contributed by atoms with Gasteiger partial charge in [-0.1, -0.05) is 41.9 Å². The third kappa shape index (κ3) is 1.34. The smallest absolute Gasteiger partial charge is 0.0668 e. The normalized spacial score (nSPS) is 18.4.